The fourth-order valence-corrected chi connectivity index (χ4v) is 2.39. The minimum absolute atomic E-state index is 0.336. The lowest BCUT2D eigenvalue weighted by Gasteiger charge is -2.19. The van der Waals surface area contributed by atoms with Gasteiger partial charge >= 0.3 is 5.97 Å². The maximum absolute atomic E-state index is 11.4. The molecule has 0 amide bonds. The van der Waals surface area contributed by atoms with Crippen LogP contribution in [0.5, 0.6) is 0 Å². The first-order chi connectivity index (χ1) is 9.62. The summed E-state index contributed by atoms with van der Waals surface area (Å²) in [5.41, 5.74) is 2.38. The Balaban J connectivity index is 2.73. The van der Waals surface area contributed by atoms with Gasteiger partial charge in [-0.05, 0) is 30.6 Å². The van der Waals surface area contributed by atoms with E-state index >= 15 is 0 Å². The van der Waals surface area contributed by atoms with Crippen LogP contribution in [0.3, 0.4) is 0 Å². The van der Waals surface area contributed by atoms with Crippen molar-refractivity contribution < 1.29 is 9.53 Å². The Hall–Kier alpha value is -1.26. The standard InChI is InChI=1S/C16H23NO2S/c1-4-17(5-2)11-10-13-8-6-7-9-14(13)12-15(20)16(18)19-3/h6-9H,4-5,10-12H2,1-3H3. The van der Waals surface area contributed by atoms with Gasteiger partial charge in [0, 0.05) is 13.0 Å². The van der Waals surface area contributed by atoms with Gasteiger partial charge in [-0.25, -0.2) is 4.79 Å². The second-order valence-electron chi connectivity index (χ2n) is 4.64. The molecule has 3 nitrogen and oxygen atoms in total. The Morgan fingerprint density at radius 3 is 2.35 bits per heavy atom. The number of carbonyl (C=O) groups is 1. The lowest BCUT2D eigenvalue weighted by Crippen LogP contribution is -2.25. The number of benzene rings is 1. The van der Waals surface area contributed by atoms with E-state index in [0.29, 0.717) is 11.3 Å². The molecule has 0 aliphatic rings. The van der Waals surface area contributed by atoms with Gasteiger partial charge in [-0.3, -0.25) is 0 Å². The molecule has 4 heteroatoms. The number of esters is 1. The molecule has 0 radical (unpaired) electrons. The van der Waals surface area contributed by atoms with E-state index in [4.69, 9.17) is 12.2 Å². The number of hydrogen-bond acceptors (Lipinski definition) is 4. The minimum atomic E-state index is -0.404. The van der Waals surface area contributed by atoms with Crippen molar-refractivity contribution in [3.63, 3.8) is 0 Å². The average Bonchev–Trinajstić information content (AvgIpc) is 2.48. The molecule has 0 saturated heterocycles. The van der Waals surface area contributed by atoms with Crippen LogP contribution in [0, 0.1) is 0 Å². The van der Waals surface area contributed by atoms with Crippen LogP contribution >= 0.6 is 12.2 Å². The fourth-order valence-electron chi connectivity index (χ4n) is 2.15. The van der Waals surface area contributed by atoms with Crippen LogP contribution in [0.15, 0.2) is 24.3 Å². The van der Waals surface area contributed by atoms with Crippen LogP contribution in [-0.4, -0.2) is 42.5 Å². The van der Waals surface area contributed by atoms with E-state index in [1.54, 1.807) is 0 Å². The van der Waals surface area contributed by atoms with Crippen molar-refractivity contribution in [1.29, 1.82) is 0 Å². The van der Waals surface area contributed by atoms with Crippen molar-refractivity contribution in [2.24, 2.45) is 0 Å². The molecule has 0 aromatic heterocycles. The zero-order valence-corrected chi connectivity index (χ0v) is 13.3. The second kappa shape index (κ2) is 8.82. The molecule has 0 atom stereocenters. The summed E-state index contributed by atoms with van der Waals surface area (Å²) < 4.78 is 4.67. The first-order valence-electron chi connectivity index (χ1n) is 7.02. The van der Waals surface area contributed by atoms with Crippen LogP contribution in [0.25, 0.3) is 0 Å². The van der Waals surface area contributed by atoms with Crippen LogP contribution in [-0.2, 0) is 22.4 Å². The van der Waals surface area contributed by atoms with Gasteiger partial charge in [-0.2, -0.15) is 0 Å². The maximum Gasteiger partial charge on any atom is 0.345 e. The van der Waals surface area contributed by atoms with E-state index in [9.17, 15) is 4.79 Å². The maximum atomic E-state index is 11.4. The van der Waals surface area contributed by atoms with E-state index in [-0.39, 0.29) is 0 Å². The minimum Gasteiger partial charge on any atom is -0.465 e. The highest BCUT2D eigenvalue weighted by molar-refractivity contribution is 7.82. The number of hydrogen-bond donors (Lipinski definition) is 0. The van der Waals surface area contributed by atoms with Gasteiger partial charge in [0.25, 0.3) is 0 Å². The van der Waals surface area contributed by atoms with E-state index in [1.807, 2.05) is 18.2 Å². The number of ether oxygens (including phenoxy) is 1. The summed E-state index contributed by atoms with van der Waals surface area (Å²) in [6.45, 7) is 7.47. The Morgan fingerprint density at radius 2 is 1.80 bits per heavy atom. The lowest BCUT2D eigenvalue weighted by molar-refractivity contribution is -0.132. The fraction of sp³-hybridized carbons (Fsp3) is 0.500. The van der Waals surface area contributed by atoms with Gasteiger partial charge in [0.1, 0.15) is 4.86 Å². The number of nitrogens with zero attached hydrogens (tertiary/aromatic N) is 1. The molecule has 1 aromatic carbocycles. The Bertz CT molecular complexity index is 456. The number of methoxy groups -OCH3 is 1. The summed E-state index contributed by atoms with van der Waals surface area (Å²) in [7, 11) is 1.36. The molecule has 20 heavy (non-hydrogen) atoms. The van der Waals surface area contributed by atoms with Gasteiger partial charge in [-0.1, -0.05) is 50.3 Å². The first-order valence-corrected chi connectivity index (χ1v) is 7.43. The molecule has 0 heterocycles. The van der Waals surface area contributed by atoms with Crippen molar-refractivity contribution >= 4 is 23.1 Å². The normalized spacial score (nSPS) is 10.6. The van der Waals surface area contributed by atoms with E-state index in [2.05, 4.69) is 29.6 Å². The third kappa shape index (κ3) is 5.02. The molecule has 0 unspecified atom stereocenters. The number of carbonyl (C=O) groups excluding carboxylic acids is 1. The van der Waals surface area contributed by atoms with Crippen LogP contribution in [0.2, 0.25) is 0 Å². The van der Waals surface area contributed by atoms with Gasteiger partial charge < -0.3 is 9.64 Å². The van der Waals surface area contributed by atoms with Gasteiger partial charge in [0.15, 0.2) is 0 Å². The van der Waals surface area contributed by atoms with E-state index in [0.717, 1.165) is 31.6 Å². The van der Waals surface area contributed by atoms with Crippen molar-refractivity contribution in [3.8, 4) is 0 Å². The quantitative estimate of drug-likeness (QED) is 0.544. The van der Waals surface area contributed by atoms with Crippen LogP contribution in [0.1, 0.15) is 25.0 Å². The number of likely N-dealkylation sites (N-methyl/N-ethyl adjacent to an activating group) is 1. The molecule has 0 aliphatic heterocycles. The molecule has 0 bridgehead atoms. The molecular formula is C16H23NO2S. The summed E-state index contributed by atoms with van der Waals surface area (Å²) in [6, 6.07) is 8.16. The summed E-state index contributed by atoms with van der Waals surface area (Å²) in [6.07, 6.45) is 1.46. The van der Waals surface area contributed by atoms with Gasteiger partial charge in [-0.15, -0.1) is 0 Å². The van der Waals surface area contributed by atoms with Crippen molar-refractivity contribution in [1.82, 2.24) is 4.90 Å². The summed E-state index contributed by atoms with van der Waals surface area (Å²) in [5.74, 6) is -0.404. The lowest BCUT2D eigenvalue weighted by atomic mass is 10.00. The van der Waals surface area contributed by atoms with Gasteiger partial charge in [0.05, 0.1) is 7.11 Å². The molecule has 0 N–H and O–H groups in total. The monoisotopic (exact) mass is 293 g/mol. The SMILES string of the molecule is CCN(CC)CCc1ccccc1CC(=S)C(=O)OC. The molecule has 0 saturated carbocycles. The predicted octanol–water partition coefficient (Wildman–Crippen LogP) is 2.66. The van der Waals surface area contributed by atoms with Crippen molar-refractivity contribution in [3.05, 3.63) is 35.4 Å². The predicted molar refractivity (Wildman–Crippen MR) is 86.3 cm³/mol. The Morgan fingerprint density at radius 1 is 1.20 bits per heavy atom. The summed E-state index contributed by atoms with van der Waals surface area (Å²) in [4.78, 5) is 14.1. The highest BCUT2D eigenvalue weighted by atomic mass is 32.1. The Kier molecular flexibility index (Phi) is 7.41. The zero-order valence-electron chi connectivity index (χ0n) is 12.5. The first kappa shape index (κ1) is 16.8. The van der Waals surface area contributed by atoms with Crippen LogP contribution < -0.4 is 0 Å². The molecule has 110 valence electrons. The van der Waals surface area contributed by atoms with Gasteiger partial charge in [0.2, 0.25) is 0 Å². The van der Waals surface area contributed by atoms with Crippen molar-refractivity contribution in [2.75, 3.05) is 26.7 Å². The average molecular weight is 293 g/mol. The largest absolute Gasteiger partial charge is 0.465 e. The summed E-state index contributed by atoms with van der Waals surface area (Å²) in [5, 5.41) is 0. The third-order valence-electron chi connectivity index (χ3n) is 3.47. The number of rotatable bonds is 8. The third-order valence-corrected chi connectivity index (χ3v) is 3.79. The van der Waals surface area contributed by atoms with Crippen LogP contribution in [0.4, 0.5) is 0 Å². The molecule has 0 aliphatic carbocycles. The second-order valence-corrected chi connectivity index (χ2v) is 5.13. The molecule has 0 fully saturated rings. The zero-order chi connectivity index (χ0) is 15.0. The Labute approximate surface area is 126 Å². The topological polar surface area (TPSA) is 29.5 Å². The summed E-state index contributed by atoms with van der Waals surface area (Å²) >= 11 is 5.11. The van der Waals surface area contributed by atoms with E-state index in [1.165, 1.54) is 12.7 Å². The molecule has 1 aromatic rings. The molecular weight excluding hydrogens is 270 g/mol. The molecule has 0 spiro atoms. The highest BCUT2D eigenvalue weighted by Gasteiger charge is 2.12. The van der Waals surface area contributed by atoms with E-state index < -0.39 is 5.97 Å². The smallest absolute Gasteiger partial charge is 0.345 e. The highest BCUT2D eigenvalue weighted by Crippen LogP contribution is 2.12. The molecule has 1 rings (SSSR count). The number of thiocarbonyl (C=S) groups is 1. The van der Waals surface area contributed by atoms with Crippen molar-refractivity contribution in [2.45, 2.75) is 26.7 Å².